The third-order valence-corrected chi connectivity index (χ3v) is 7.60. The van der Waals surface area contributed by atoms with Crippen molar-refractivity contribution in [3.8, 4) is 0 Å². The molecular weight excluding hydrogens is 484 g/mol. The minimum atomic E-state index is -4.29. The van der Waals surface area contributed by atoms with Gasteiger partial charge < -0.3 is 0 Å². The molecule has 11 heteroatoms. The molecule has 0 bridgehead atoms. The zero-order valence-corrected chi connectivity index (χ0v) is 19.7. The maximum absolute atomic E-state index is 14.9. The molecule has 1 atom stereocenters. The average molecular weight is 506 g/mol. The van der Waals surface area contributed by atoms with Crippen LogP contribution >= 0.6 is 11.6 Å². The average Bonchev–Trinajstić information content (AvgIpc) is 3.34. The van der Waals surface area contributed by atoms with Crippen molar-refractivity contribution >= 4 is 33.7 Å². The van der Waals surface area contributed by atoms with Gasteiger partial charge in [0.05, 0.1) is 16.6 Å². The second kappa shape index (κ2) is 9.96. The van der Waals surface area contributed by atoms with Crippen LogP contribution in [0.2, 0.25) is 5.02 Å². The SMILES string of the molecule is CC(c1ccccc1CCN1C=NNN1)N(c1cc(F)ccc1F)S(=O)(=O)c1ccc(Cl)cc1. The molecule has 3 aromatic rings. The number of halogens is 3. The van der Waals surface area contributed by atoms with E-state index in [1.165, 1.54) is 24.3 Å². The summed E-state index contributed by atoms with van der Waals surface area (Å²) in [6, 6.07) is 14.7. The molecule has 7 nitrogen and oxygen atoms in total. The summed E-state index contributed by atoms with van der Waals surface area (Å²) in [4.78, 5) is -0.0894. The Morgan fingerprint density at radius 2 is 1.82 bits per heavy atom. The van der Waals surface area contributed by atoms with E-state index in [0.717, 1.165) is 28.1 Å². The van der Waals surface area contributed by atoms with Gasteiger partial charge in [-0.1, -0.05) is 35.9 Å². The van der Waals surface area contributed by atoms with Crippen molar-refractivity contribution in [1.29, 1.82) is 0 Å². The van der Waals surface area contributed by atoms with Crippen LogP contribution in [-0.2, 0) is 16.4 Å². The van der Waals surface area contributed by atoms with Crippen molar-refractivity contribution in [2.75, 3.05) is 10.8 Å². The smallest absolute Gasteiger partial charge is 0.264 e. The number of hydrazone groups is 1. The van der Waals surface area contributed by atoms with E-state index in [-0.39, 0.29) is 10.6 Å². The molecule has 1 aliphatic rings. The lowest BCUT2D eigenvalue weighted by Crippen LogP contribution is -2.38. The van der Waals surface area contributed by atoms with Crippen LogP contribution in [-0.4, -0.2) is 26.3 Å². The first-order valence-electron chi connectivity index (χ1n) is 10.4. The number of hydrazine groups is 2. The Kier molecular flexibility index (Phi) is 7.01. The predicted molar refractivity (Wildman–Crippen MR) is 128 cm³/mol. The molecule has 0 spiro atoms. The summed E-state index contributed by atoms with van der Waals surface area (Å²) in [5.41, 5.74) is 6.58. The summed E-state index contributed by atoms with van der Waals surface area (Å²) < 4.78 is 57.5. The number of hydrogen-bond donors (Lipinski definition) is 2. The number of hydrogen-bond acceptors (Lipinski definition) is 6. The van der Waals surface area contributed by atoms with E-state index < -0.39 is 27.7 Å². The Bertz CT molecular complexity index is 1300. The van der Waals surface area contributed by atoms with Crippen LogP contribution < -0.4 is 15.4 Å². The van der Waals surface area contributed by atoms with Crippen LogP contribution in [0.3, 0.4) is 0 Å². The third kappa shape index (κ3) is 4.98. The minimum Gasteiger partial charge on any atom is -0.277 e. The molecule has 0 radical (unpaired) electrons. The van der Waals surface area contributed by atoms with Crippen molar-refractivity contribution in [2.45, 2.75) is 24.3 Å². The maximum atomic E-state index is 14.9. The van der Waals surface area contributed by atoms with Crippen molar-refractivity contribution in [3.63, 3.8) is 0 Å². The lowest BCUT2D eigenvalue weighted by atomic mass is 9.98. The molecule has 0 saturated carbocycles. The molecule has 0 saturated heterocycles. The monoisotopic (exact) mass is 505 g/mol. The van der Waals surface area contributed by atoms with Gasteiger partial charge in [0.1, 0.15) is 18.0 Å². The van der Waals surface area contributed by atoms with E-state index in [1.807, 2.05) is 12.1 Å². The van der Waals surface area contributed by atoms with Gasteiger partial charge >= 0.3 is 0 Å². The zero-order chi connectivity index (χ0) is 24.3. The van der Waals surface area contributed by atoms with Gasteiger partial charge in [-0.15, -0.1) is 5.53 Å². The van der Waals surface area contributed by atoms with E-state index in [0.29, 0.717) is 23.6 Å². The molecule has 1 heterocycles. The molecule has 4 rings (SSSR count). The van der Waals surface area contributed by atoms with Crippen LogP contribution in [0.15, 0.2) is 76.7 Å². The van der Waals surface area contributed by atoms with Crippen LogP contribution in [0.1, 0.15) is 24.1 Å². The van der Waals surface area contributed by atoms with Crippen LogP contribution in [0, 0.1) is 11.6 Å². The number of nitrogens with one attached hydrogen (secondary N) is 2. The van der Waals surface area contributed by atoms with Gasteiger partial charge in [-0.2, -0.15) is 5.10 Å². The number of sulfonamides is 1. The number of benzene rings is 3. The zero-order valence-electron chi connectivity index (χ0n) is 18.1. The predicted octanol–water partition coefficient (Wildman–Crippen LogP) is 4.39. The number of anilines is 1. The topological polar surface area (TPSA) is 77.0 Å². The Labute approximate surface area is 201 Å². The van der Waals surface area contributed by atoms with Gasteiger partial charge in [-0.3, -0.25) is 9.31 Å². The van der Waals surface area contributed by atoms with Gasteiger partial charge in [0.15, 0.2) is 0 Å². The molecule has 1 aliphatic heterocycles. The maximum Gasteiger partial charge on any atom is 0.264 e. The lowest BCUT2D eigenvalue weighted by molar-refractivity contribution is 0.303. The Hall–Kier alpha value is -3.21. The minimum absolute atomic E-state index is 0.0894. The largest absolute Gasteiger partial charge is 0.277 e. The highest BCUT2D eigenvalue weighted by molar-refractivity contribution is 7.92. The Morgan fingerprint density at radius 3 is 2.53 bits per heavy atom. The molecule has 1 unspecified atom stereocenters. The fourth-order valence-corrected chi connectivity index (χ4v) is 5.55. The third-order valence-electron chi connectivity index (χ3n) is 5.45. The molecule has 0 aromatic heterocycles. The molecule has 0 amide bonds. The van der Waals surface area contributed by atoms with Crippen molar-refractivity contribution in [1.82, 2.24) is 16.1 Å². The van der Waals surface area contributed by atoms with E-state index in [4.69, 9.17) is 11.6 Å². The molecule has 2 N–H and O–H groups in total. The Morgan fingerprint density at radius 1 is 1.09 bits per heavy atom. The van der Waals surface area contributed by atoms with Crippen LogP contribution in [0.25, 0.3) is 0 Å². The van der Waals surface area contributed by atoms with Gasteiger partial charge in [0.2, 0.25) is 0 Å². The van der Waals surface area contributed by atoms with Gasteiger partial charge in [0, 0.05) is 17.6 Å². The molecular formula is C23H22ClF2N5O2S. The number of nitrogens with zero attached hydrogens (tertiary/aromatic N) is 3. The summed E-state index contributed by atoms with van der Waals surface area (Å²) in [5.74, 6) is -1.60. The highest BCUT2D eigenvalue weighted by Crippen LogP contribution is 2.36. The quantitative estimate of drug-likeness (QED) is 0.475. The summed E-state index contributed by atoms with van der Waals surface area (Å²) in [6.07, 6.45) is 2.13. The second-order valence-electron chi connectivity index (χ2n) is 7.64. The normalized spacial score (nSPS) is 14.2. The van der Waals surface area contributed by atoms with Gasteiger partial charge in [0.25, 0.3) is 10.0 Å². The highest BCUT2D eigenvalue weighted by Gasteiger charge is 2.33. The van der Waals surface area contributed by atoms with Gasteiger partial charge in [-0.05, 0) is 60.9 Å². The lowest BCUT2D eigenvalue weighted by Gasteiger charge is -2.32. The summed E-state index contributed by atoms with van der Waals surface area (Å²) in [5, 5.41) is 5.95. The van der Waals surface area contributed by atoms with Crippen molar-refractivity contribution in [2.24, 2.45) is 5.10 Å². The van der Waals surface area contributed by atoms with E-state index >= 15 is 0 Å². The van der Waals surface area contributed by atoms with Crippen molar-refractivity contribution < 1.29 is 17.2 Å². The van der Waals surface area contributed by atoms with Crippen molar-refractivity contribution in [3.05, 3.63) is 94.5 Å². The first kappa shape index (κ1) is 23.9. The first-order chi connectivity index (χ1) is 16.3. The molecule has 178 valence electrons. The molecule has 0 fully saturated rings. The van der Waals surface area contributed by atoms with Gasteiger partial charge in [-0.25, -0.2) is 22.7 Å². The van der Waals surface area contributed by atoms with Crippen LogP contribution in [0.4, 0.5) is 14.5 Å². The summed E-state index contributed by atoms with van der Waals surface area (Å²) in [7, 11) is -4.29. The van der Waals surface area contributed by atoms with Crippen LogP contribution in [0.5, 0.6) is 0 Å². The standard InChI is InChI=1S/C23H22ClF2N5O2S/c1-16(21-5-3-2-4-17(21)12-13-30-15-27-28-29-30)31(23-14-19(25)8-11-22(23)26)34(32,33)20-9-6-18(24)7-10-20/h2-11,14-16,28-29H,12-13H2,1H3. The first-order valence-corrected chi connectivity index (χ1v) is 12.2. The Balaban J connectivity index is 1.79. The molecule has 34 heavy (non-hydrogen) atoms. The fraction of sp³-hybridized carbons (Fsp3) is 0.174. The van der Waals surface area contributed by atoms with E-state index in [2.05, 4.69) is 16.2 Å². The highest BCUT2D eigenvalue weighted by atomic mass is 35.5. The molecule has 0 aliphatic carbocycles. The molecule has 3 aromatic carbocycles. The van der Waals surface area contributed by atoms with E-state index in [1.54, 1.807) is 30.4 Å². The fourth-order valence-electron chi connectivity index (χ4n) is 3.79. The number of rotatable bonds is 8. The summed E-state index contributed by atoms with van der Waals surface area (Å²) in [6.45, 7) is 2.19. The summed E-state index contributed by atoms with van der Waals surface area (Å²) >= 11 is 5.93. The van der Waals surface area contributed by atoms with E-state index in [9.17, 15) is 17.2 Å². The second-order valence-corrected chi connectivity index (χ2v) is 9.89.